The van der Waals surface area contributed by atoms with Gasteiger partial charge in [-0.3, -0.25) is 9.59 Å². The fourth-order valence-electron chi connectivity index (χ4n) is 7.58. The maximum absolute atomic E-state index is 13.2. The van der Waals surface area contributed by atoms with Crippen LogP contribution in [0, 0.1) is 0 Å². The number of esters is 1. The van der Waals surface area contributed by atoms with Crippen molar-refractivity contribution in [2.75, 3.05) is 6.61 Å². The van der Waals surface area contributed by atoms with Crippen LogP contribution in [0.1, 0.15) is 245 Å². The molecule has 0 rings (SSSR count). The summed E-state index contributed by atoms with van der Waals surface area (Å²) in [6.45, 7) is 6.30. The molecule has 62 heavy (non-hydrogen) atoms. The number of carbonyl (C=O) groups excluding carboxylic acids is 2. The zero-order valence-electron chi connectivity index (χ0n) is 40.7. The summed E-state index contributed by atoms with van der Waals surface area (Å²) in [7, 11) is 0. The molecule has 0 bridgehead atoms. The molecule has 0 aliphatic heterocycles. The van der Waals surface area contributed by atoms with E-state index >= 15 is 0 Å². The summed E-state index contributed by atoms with van der Waals surface area (Å²) in [6.07, 6.45) is 62.5. The van der Waals surface area contributed by atoms with Crippen LogP contribution >= 0.6 is 0 Å². The predicted molar refractivity (Wildman–Crippen MR) is 268 cm³/mol. The third-order valence-electron chi connectivity index (χ3n) is 11.5. The maximum Gasteiger partial charge on any atom is 0.306 e. The van der Waals surface area contributed by atoms with Crippen molar-refractivity contribution in [3.8, 4) is 0 Å². The van der Waals surface area contributed by atoms with Crippen molar-refractivity contribution >= 4 is 11.9 Å². The van der Waals surface area contributed by atoms with Gasteiger partial charge in [-0.05, 0) is 83.5 Å². The summed E-state index contributed by atoms with van der Waals surface area (Å²) in [5, 5.41) is 23.8. The third kappa shape index (κ3) is 43.9. The van der Waals surface area contributed by atoms with Crippen LogP contribution in [0.5, 0.6) is 0 Å². The molecule has 0 saturated heterocycles. The monoisotopic (exact) mass is 866 g/mol. The molecule has 0 aliphatic rings. The number of hydrogen-bond acceptors (Lipinski definition) is 5. The van der Waals surface area contributed by atoms with Gasteiger partial charge in [0.1, 0.15) is 6.10 Å². The smallest absolute Gasteiger partial charge is 0.306 e. The quantitative estimate of drug-likeness (QED) is 0.0322. The van der Waals surface area contributed by atoms with Crippen LogP contribution in [0.25, 0.3) is 0 Å². The molecule has 0 aromatic rings. The standard InChI is InChI=1S/C56H99NO5/c1-4-7-10-13-16-19-22-24-26-28-29-31-33-35-38-41-44-47-52(62-56(61)49-46-43-40-37-21-18-15-12-9-6-3)50-55(60)57-53(51-58)54(59)48-45-42-39-36-34-32-30-27-25-23-20-17-14-11-8-5-2/h7,10,12,15-16,19,24,26,29,31,35,38,52-54,58-59H,4-6,8-9,11,13-14,17-18,20-23,25,27-28,30,32-34,36-37,39-51H2,1-3H3,(H,57,60)/b10-7-,15-12-,19-16-,26-24-,31-29-,38-35-. The van der Waals surface area contributed by atoms with Crippen molar-refractivity contribution in [3.05, 3.63) is 72.9 Å². The molecule has 0 radical (unpaired) electrons. The molecule has 0 fully saturated rings. The van der Waals surface area contributed by atoms with Gasteiger partial charge >= 0.3 is 5.97 Å². The highest BCUT2D eigenvalue weighted by Gasteiger charge is 2.24. The van der Waals surface area contributed by atoms with E-state index in [4.69, 9.17) is 4.74 Å². The van der Waals surface area contributed by atoms with Crippen LogP contribution in [-0.2, 0) is 14.3 Å². The van der Waals surface area contributed by atoms with Gasteiger partial charge in [0.25, 0.3) is 0 Å². The number of rotatable bonds is 46. The molecule has 3 atom stereocenters. The van der Waals surface area contributed by atoms with E-state index in [1.165, 1.54) is 103 Å². The van der Waals surface area contributed by atoms with Gasteiger partial charge in [0.05, 0.1) is 25.2 Å². The SMILES string of the molecule is CC/C=C\C/C=C\C/C=C\C/C=C\C/C=C\CCCC(CC(=O)NC(CO)C(O)CCCCCCCCCCCCCCCCCC)OC(=O)CCCCCCC/C=C\CCC. The Morgan fingerprint density at radius 2 is 0.919 bits per heavy atom. The van der Waals surface area contributed by atoms with Gasteiger partial charge in [-0.2, -0.15) is 0 Å². The summed E-state index contributed by atoms with van der Waals surface area (Å²) in [6, 6.07) is -0.723. The minimum absolute atomic E-state index is 0.0330. The molecule has 1 amide bonds. The van der Waals surface area contributed by atoms with Gasteiger partial charge < -0.3 is 20.3 Å². The molecule has 6 heteroatoms. The topological polar surface area (TPSA) is 95.9 Å². The van der Waals surface area contributed by atoms with Crippen molar-refractivity contribution in [3.63, 3.8) is 0 Å². The first-order chi connectivity index (χ1) is 30.5. The summed E-state index contributed by atoms with van der Waals surface area (Å²) in [5.41, 5.74) is 0. The molecular weight excluding hydrogens is 767 g/mol. The number of amides is 1. The molecule has 6 nitrogen and oxygen atoms in total. The zero-order valence-corrected chi connectivity index (χ0v) is 40.7. The lowest BCUT2D eigenvalue weighted by molar-refractivity contribution is -0.151. The largest absolute Gasteiger partial charge is 0.462 e. The highest BCUT2D eigenvalue weighted by atomic mass is 16.5. The molecule has 0 spiro atoms. The lowest BCUT2D eigenvalue weighted by atomic mass is 10.0. The van der Waals surface area contributed by atoms with E-state index in [9.17, 15) is 19.8 Å². The highest BCUT2D eigenvalue weighted by Crippen LogP contribution is 2.17. The zero-order chi connectivity index (χ0) is 45.2. The van der Waals surface area contributed by atoms with Gasteiger partial charge in [0.2, 0.25) is 5.91 Å². The van der Waals surface area contributed by atoms with Gasteiger partial charge in [0, 0.05) is 6.42 Å². The Morgan fingerprint density at radius 1 is 0.484 bits per heavy atom. The van der Waals surface area contributed by atoms with E-state index in [0.29, 0.717) is 19.3 Å². The summed E-state index contributed by atoms with van der Waals surface area (Å²) < 4.78 is 5.89. The number of nitrogens with one attached hydrogen (secondary N) is 1. The van der Waals surface area contributed by atoms with Crippen LogP contribution < -0.4 is 5.32 Å². The van der Waals surface area contributed by atoms with Gasteiger partial charge in [-0.1, -0.05) is 222 Å². The Balaban J connectivity index is 4.63. The molecule has 0 aliphatic carbocycles. The Bertz CT molecular complexity index is 1150. The molecule has 0 saturated carbocycles. The van der Waals surface area contributed by atoms with Gasteiger partial charge in [-0.25, -0.2) is 0 Å². The maximum atomic E-state index is 13.2. The van der Waals surface area contributed by atoms with E-state index in [1.54, 1.807) is 0 Å². The Hall–Kier alpha value is -2.70. The molecule has 358 valence electrons. The number of allylic oxidation sites excluding steroid dienone is 12. The number of aliphatic hydroxyl groups excluding tert-OH is 2. The second kappa shape index (κ2) is 49.3. The molecule has 3 N–H and O–H groups in total. The lowest BCUT2D eigenvalue weighted by Gasteiger charge is -2.24. The Kier molecular flexibility index (Phi) is 47.2. The van der Waals surface area contributed by atoms with Crippen molar-refractivity contribution in [2.24, 2.45) is 0 Å². The third-order valence-corrected chi connectivity index (χ3v) is 11.5. The highest BCUT2D eigenvalue weighted by molar-refractivity contribution is 5.77. The van der Waals surface area contributed by atoms with Crippen LogP contribution in [-0.4, -0.2) is 46.9 Å². The van der Waals surface area contributed by atoms with Crippen LogP contribution in [0.15, 0.2) is 72.9 Å². The van der Waals surface area contributed by atoms with Gasteiger partial charge in [-0.15, -0.1) is 0 Å². The second-order valence-corrected chi connectivity index (χ2v) is 17.5. The van der Waals surface area contributed by atoms with E-state index < -0.39 is 18.2 Å². The molecular formula is C56H99NO5. The summed E-state index contributed by atoms with van der Waals surface area (Å²) >= 11 is 0. The first-order valence-corrected chi connectivity index (χ1v) is 26.2. The first-order valence-electron chi connectivity index (χ1n) is 26.2. The minimum Gasteiger partial charge on any atom is -0.462 e. The number of hydrogen-bond donors (Lipinski definition) is 3. The number of ether oxygens (including phenoxy) is 1. The number of aliphatic hydroxyl groups is 2. The van der Waals surface area contributed by atoms with Crippen LogP contribution in [0.3, 0.4) is 0 Å². The predicted octanol–water partition coefficient (Wildman–Crippen LogP) is 15.8. The minimum atomic E-state index is -0.806. The van der Waals surface area contributed by atoms with Crippen molar-refractivity contribution in [1.82, 2.24) is 5.32 Å². The summed E-state index contributed by atoms with van der Waals surface area (Å²) in [4.78, 5) is 26.1. The molecule has 0 heterocycles. The van der Waals surface area contributed by atoms with Crippen molar-refractivity contribution < 1.29 is 24.5 Å². The Morgan fingerprint density at radius 3 is 1.44 bits per heavy atom. The fraction of sp³-hybridized carbons (Fsp3) is 0.750. The van der Waals surface area contributed by atoms with Crippen molar-refractivity contribution in [2.45, 2.75) is 264 Å². The second-order valence-electron chi connectivity index (χ2n) is 17.5. The normalized spacial score (nSPS) is 13.8. The average Bonchev–Trinajstić information content (AvgIpc) is 3.26. The van der Waals surface area contributed by atoms with E-state index in [1.807, 2.05) is 0 Å². The van der Waals surface area contributed by atoms with E-state index in [2.05, 4.69) is 99.0 Å². The number of unbranched alkanes of at least 4 members (excludes halogenated alkanes) is 22. The summed E-state index contributed by atoms with van der Waals surface area (Å²) in [5.74, 6) is -0.543. The molecule has 0 aromatic heterocycles. The van der Waals surface area contributed by atoms with Crippen LogP contribution in [0.4, 0.5) is 0 Å². The molecule has 0 aromatic carbocycles. The van der Waals surface area contributed by atoms with Crippen molar-refractivity contribution in [1.29, 1.82) is 0 Å². The lowest BCUT2D eigenvalue weighted by Crippen LogP contribution is -2.46. The fourth-order valence-corrected chi connectivity index (χ4v) is 7.58. The molecule has 3 unspecified atom stereocenters. The van der Waals surface area contributed by atoms with E-state index in [0.717, 1.165) is 96.3 Å². The first kappa shape index (κ1) is 59.3. The average molecular weight is 866 g/mol. The van der Waals surface area contributed by atoms with E-state index in [-0.39, 0.29) is 24.9 Å². The number of carbonyl (C=O) groups is 2. The van der Waals surface area contributed by atoms with Crippen LogP contribution in [0.2, 0.25) is 0 Å². The van der Waals surface area contributed by atoms with Gasteiger partial charge in [0.15, 0.2) is 0 Å². The Labute approximate surface area is 383 Å².